The van der Waals surface area contributed by atoms with Crippen molar-refractivity contribution in [3.05, 3.63) is 70.8 Å². The van der Waals surface area contributed by atoms with Gasteiger partial charge in [0, 0.05) is 18.2 Å². The lowest BCUT2D eigenvalue weighted by Crippen LogP contribution is -2.05. The molecule has 0 bridgehead atoms. The third-order valence-electron chi connectivity index (χ3n) is 3.31. The molecular weight excluding hydrogens is 274 g/mol. The lowest BCUT2D eigenvalue weighted by molar-refractivity contribution is -0.114. The van der Waals surface area contributed by atoms with Gasteiger partial charge in [0.05, 0.1) is 0 Å². The Morgan fingerprint density at radius 1 is 1.00 bits per heavy atom. The van der Waals surface area contributed by atoms with E-state index in [1.807, 2.05) is 56.3 Å². The zero-order valence-electron chi connectivity index (χ0n) is 13.0. The molecule has 1 amide bonds. The van der Waals surface area contributed by atoms with Crippen LogP contribution in [0.15, 0.2) is 48.5 Å². The molecule has 0 aliphatic rings. The molecule has 0 saturated carbocycles. The van der Waals surface area contributed by atoms with Crippen molar-refractivity contribution in [1.29, 1.82) is 0 Å². The fraction of sp³-hybridized carbons (Fsp3) is 0.158. The highest BCUT2D eigenvalue weighted by molar-refractivity contribution is 6.07. The number of carbonyl (C=O) groups excluding carboxylic acids is 2. The lowest BCUT2D eigenvalue weighted by Gasteiger charge is -2.03. The molecule has 0 fully saturated rings. The van der Waals surface area contributed by atoms with Gasteiger partial charge < -0.3 is 5.32 Å². The maximum Gasteiger partial charge on any atom is 0.221 e. The molecule has 0 saturated heterocycles. The minimum absolute atomic E-state index is 0.0107. The summed E-state index contributed by atoms with van der Waals surface area (Å²) in [5.74, 6) is -0.114. The van der Waals surface area contributed by atoms with Crippen LogP contribution in [0.1, 0.15) is 34.0 Å². The number of rotatable bonds is 4. The maximum absolute atomic E-state index is 12.2. The largest absolute Gasteiger partial charge is 0.326 e. The second kappa shape index (κ2) is 6.85. The molecule has 22 heavy (non-hydrogen) atoms. The maximum atomic E-state index is 12.2. The predicted molar refractivity (Wildman–Crippen MR) is 90.0 cm³/mol. The van der Waals surface area contributed by atoms with E-state index in [0.29, 0.717) is 0 Å². The highest BCUT2D eigenvalue weighted by Gasteiger charge is 2.05. The highest BCUT2D eigenvalue weighted by atomic mass is 16.1. The minimum Gasteiger partial charge on any atom is -0.326 e. The Morgan fingerprint density at radius 2 is 1.68 bits per heavy atom. The SMILES string of the molecule is CC(=O)Nc1ccc(/C=C/C(=O)c2ccc(C)cc2C)cc1. The van der Waals surface area contributed by atoms with E-state index in [1.165, 1.54) is 6.92 Å². The van der Waals surface area contributed by atoms with Gasteiger partial charge in [0.2, 0.25) is 5.91 Å². The number of anilines is 1. The summed E-state index contributed by atoms with van der Waals surface area (Å²) in [7, 11) is 0. The topological polar surface area (TPSA) is 46.2 Å². The first-order chi connectivity index (χ1) is 10.5. The molecule has 0 radical (unpaired) electrons. The molecule has 1 N–H and O–H groups in total. The molecule has 2 rings (SSSR count). The summed E-state index contributed by atoms with van der Waals surface area (Å²) in [4.78, 5) is 23.2. The number of hydrogen-bond donors (Lipinski definition) is 1. The molecule has 0 aromatic heterocycles. The summed E-state index contributed by atoms with van der Waals surface area (Å²) in [6, 6.07) is 13.1. The zero-order chi connectivity index (χ0) is 16.1. The van der Waals surface area contributed by atoms with Crippen LogP contribution < -0.4 is 5.32 Å². The second-order valence-electron chi connectivity index (χ2n) is 5.32. The van der Waals surface area contributed by atoms with Crippen LogP contribution in [-0.4, -0.2) is 11.7 Å². The summed E-state index contributed by atoms with van der Waals surface area (Å²) >= 11 is 0. The molecule has 0 heterocycles. The van der Waals surface area contributed by atoms with E-state index >= 15 is 0 Å². The van der Waals surface area contributed by atoms with E-state index in [1.54, 1.807) is 12.2 Å². The first kappa shape index (κ1) is 15.7. The van der Waals surface area contributed by atoms with Crippen molar-refractivity contribution < 1.29 is 9.59 Å². The Kier molecular flexibility index (Phi) is 4.89. The zero-order valence-corrected chi connectivity index (χ0v) is 13.0. The van der Waals surface area contributed by atoms with Gasteiger partial charge in [-0.25, -0.2) is 0 Å². The fourth-order valence-corrected chi connectivity index (χ4v) is 2.23. The van der Waals surface area contributed by atoms with Crippen molar-refractivity contribution in [1.82, 2.24) is 0 Å². The van der Waals surface area contributed by atoms with Crippen LogP contribution in [0.5, 0.6) is 0 Å². The Balaban J connectivity index is 2.10. The average Bonchev–Trinajstić information content (AvgIpc) is 2.45. The van der Waals surface area contributed by atoms with Crippen molar-refractivity contribution in [2.45, 2.75) is 20.8 Å². The lowest BCUT2D eigenvalue weighted by atomic mass is 10.0. The minimum atomic E-state index is -0.103. The van der Waals surface area contributed by atoms with Gasteiger partial charge in [-0.15, -0.1) is 0 Å². The summed E-state index contributed by atoms with van der Waals surface area (Å²) < 4.78 is 0. The highest BCUT2D eigenvalue weighted by Crippen LogP contribution is 2.14. The van der Waals surface area contributed by atoms with Crippen LogP contribution >= 0.6 is 0 Å². The van der Waals surface area contributed by atoms with Crippen LogP contribution in [0.2, 0.25) is 0 Å². The Hall–Kier alpha value is -2.68. The second-order valence-corrected chi connectivity index (χ2v) is 5.32. The summed E-state index contributed by atoms with van der Waals surface area (Å²) in [6.45, 7) is 5.42. The molecule has 0 atom stereocenters. The molecule has 0 spiro atoms. The van der Waals surface area contributed by atoms with Crippen molar-refractivity contribution in [3.8, 4) is 0 Å². The van der Waals surface area contributed by atoms with E-state index in [-0.39, 0.29) is 11.7 Å². The number of nitrogens with one attached hydrogen (secondary N) is 1. The summed E-state index contributed by atoms with van der Waals surface area (Å²) in [5, 5.41) is 2.71. The van der Waals surface area contributed by atoms with Gasteiger partial charge in [-0.2, -0.15) is 0 Å². The van der Waals surface area contributed by atoms with E-state index in [9.17, 15) is 9.59 Å². The molecule has 3 heteroatoms. The number of ketones is 1. The Morgan fingerprint density at radius 3 is 2.27 bits per heavy atom. The third kappa shape index (κ3) is 4.16. The quantitative estimate of drug-likeness (QED) is 0.679. The fourth-order valence-electron chi connectivity index (χ4n) is 2.23. The number of allylic oxidation sites excluding steroid dienone is 1. The van der Waals surface area contributed by atoms with Gasteiger partial charge in [0.25, 0.3) is 0 Å². The van der Waals surface area contributed by atoms with Gasteiger partial charge in [-0.05, 0) is 43.2 Å². The van der Waals surface area contributed by atoms with E-state index in [4.69, 9.17) is 0 Å². The van der Waals surface area contributed by atoms with Crippen LogP contribution in [-0.2, 0) is 4.79 Å². The van der Waals surface area contributed by atoms with Gasteiger partial charge in [0.15, 0.2) is 5.78 Å². The molecule has 0 aliphatic heterocycles. The van der Waals surface area contributed by atoms with Gasteiger partial charge >= 0.3 is 0 Å². The van der Waals surface area contributed by atoms with E-state index in [0.717, 1.165) is 27.9 Å². The smallest absolute Gasteiger partial charge is 0.221 e. The predicted octanol–water partition coefficient (Wildman–Crippen LogP) is 4.16. The van der Waals surface area contributed by atoms with E-state index < -0.39 is 0 Å². The van der Waals surface area contributed by atoms with Crippen molar-refractivity contribution in [3.63, 3.8) is 0 Å². The van der Waals surface area contributed by atoms with Gasteiger partial charge in [0.1, 0.15) is 0 Å². The number of amides is 1. The normalized spacial score (nSPS) is 10.7. The number of carbonyl (C=O) groups is 2. The van der Waals surface area contributed by atoms with Crippen molar-refractivity contribution in [2.24, 2.45) is 0 Å². The molecule has 2 aromatic rings. The van der Waals surface area contributed by atoms with Crippen molar-refractivity contribution >= 4 is 23.5 Å². The number of hydrogen-bond acceptors (Lipinski definition) is 2. The van der Waals surface area contributed by atoms with Crippen molar-refractivity contribution in [2.75, 3.05) is 5.32 Å². The third-order valence-corrected chi connectivity index (χ3v) is 3.31. The van der Waals surface area contributed by atoms with E-state index in [2.05, 4.69) is 5.32 Å². The first-order valence-corrected chi connectivity index (χ1v) is 7.13. The van der Waals surface area contributed by atoms with Crippen LogP contribution in [0.4, 0.5) is 5.69 Å². The molecule has 2 aromatic carbocycles. The summed E-state index contributed by atoms with van der Waals surface area (Å²) in [5.41, 5.74) is 4.50. The van der Waals surface area contributed by atoms with Gasteiger partial charge in [-0.3, -0.25) is 9.59 Å². The molecule has 112 valence electrons. The Bertz CT molecular complexity index is 728. The molecular formula is C19H19NO2. The first-order valence-electron chi connectivity index (χ1n) is 7.13. The number of aryl methyl sites for hydroxylation is 2. The van der Waals surface area contributed by atoms with Crippen LogP contribution in [0.3, 0.4) is 0 Å². The molecule has 3 nitrogen and oxygen atoms in total. The van der Waals surface area contributed by atoms with Gasteiger partial charge in [-0.1, -0.05) is 42.0 Å². The molecule has 0 unspecified atom stereocenters. The monoisotopic (exact) mass is 293 g/mol. The standard InChI is InChI=1S/C19H19NO2/c1-13-4-10-18(14(2)12-13)19(22)11-7-16-5-8-17(9-6-16)20-15(3)21/h4-12H,1-3H3,(H,20,21)/b11-7+. The van der Waals surface area contributed by atoms with Crippen LogP contribution in [0, 0.1) is 13.8 Å². The van der Waals surface area contributed by atoms with Crippen LogP contribution in [0.25, 0.3) is 6.08 Å². The number of benzene rings is 2. The molecule has 0 aliphatic carbocycles. The Labute approximate surface area is 130 Å². The average molecular weight is 293 g/mol. The summed E-state index contributed by atoms with van der Waals surface area (Å²) in [6.07, 6.45) is 3.35.